The highest BCUT2D eigenvalue weighted by molar-refractivity contribution is 6.30. The number of carboxylic acid groups (broad SMARTS) is 1. The molecule has 0 bridgehead atoms. The monoisotopic (exact) mass is 339 g/mol. The normalized spacial score (nSPS) is 24.3. The van der Waals surface area contributed by atoms with Crippen LogP contribution < -0.4 is 5.32 Å². The Kier molecular flexibility index (Phi) is 5.19. The van der Waals surface area contributed by atoms with Crippen molar-refractivity contribution in [3.8, 4) is 0 Å². The lowest BCUT2D eigenvalue weighted by Gasteiger charge is -2.21. The number of ether oxygens (including phenoxy) is 1. The molecule has 2 rings (SSSR count). The van der Waals surface area contributed by atoms with Crippen molar-refractivity contribution in [1.82, 2.24) is 5.32 Å². The van der Waals surface area contributed by atoms with Gasteiger partial charge in [-0.15, -0.1) is 0 Å². The minimum Gasteiger partial charge on any atom is -0.481 e. The number of hydrogen-bond acceptors (Lipinski definition) is 3. The van der Waals surface area contributed by atoms with Crippen molar-refractivity contribution in [2.75, 3.05) is 0 Å². The molecule has 126 valence electrons. The average Bonchev–Trinajstić information content (AvgIpc) is 2.80. The van der Waals surface area contributed by atoms with Gasteiger partial charge in [-0.3, -0.25) is 4.79 Å². The summed E-state index contributed by atoms with van der Waals surface area (Å²) >= 11 is 6.01. The van der Waals surface area contributed by atoms with Gasteiger partial charge in [0.25, 0.3) is 0 Å². The summed E-state index contributed by atoms with van der Waals surface area (Å²) in [6.07, 6.45) is 0.417. The highest BCUT2D eigenvalue weighted by Crippen LogP contribution is 2.40. The molecule has 0 aromatic heterocycles. The maximum atomic E-state index is 11.9. The van der Waals surface area contributed by atoms with Crippen LogP contribution in [-0.2, 0) is 9.53 Å². The Morgan fingerprint density at radius 2 is 2.00 bits per heavy atom. The van der Waals surface area contributed by atoms with Gasteiger partial charge in [0, 0.05) is 11.1 Å². The number of hydrogen-bond donors (Lipinski definition) is 2. The first-order valence-corrected chi connectivity index (χ1v) is 8.01. The zero-order chi connectivity index (χ0) is 17.2. The number of alkyl carbamates (subject to hydrolysis) is 1. The zero-order valence-electron chi connectivity index (χ0n) is 13.5. The van der Waals surface area contributed by atoms with Gasteiger partial charge >= 0.3 is 12.1 Å². The van der Waals surface area contributed by atoms with Crippen molar-refractivity contribution in [2.24, 2.45) is 5.92 Å². The molecule has 2 N–H and O–H groups in total. The molecule has 6 heteroatoms. The number of halogens is 1. The zero-order valence-corrected chi connectivity index (χ0v) is 14.3. The van der Waals surface area contributed by atoms with Crippen LogP contribution in [0.2, 0.25) is 5.02 Å². The Balaban J connectivity index is 2.09. The van der Waals surface area contributed by atoms with Crippen LogP contribution in [0.15, 0.2) is 24.3 Å². The predicted octanol–water partition coefficient (Wildman–Crippen LogP) is 3.81. The first kappa shape index (κ1) is 17.6. The third-order valence-electron chi connectivity index (χ3n) is 3.88. The van der Waals surface area contributed by atoms with E-state index in [0.29, 0.717) is 17.9 Å². The van der Waals surface area contributed by atoms with E-state index in [2.05, 4.69) is 5.32 Å². The molecule has 23 heavy (non-hydrogen) atoms. The number of benzene rings is 1. The minimum absolute atomic E-state index is 0.175. The van der Waals surface area contributed by atoms with Gasteiger partial charge in [-0.25, -0.2) is 4.79 Å². The third-order valence-corrected chi connectivity index (χ3v) is 4.11. The molecule has 3 atom stereocenters. The van der Waals surface area contributed by atoms with E-state index < -0.39 is 23.6 Å². The van der Waals surface area contributed by atoms with E-state index in [9.17, 15) is 14.7 Å². The van der Waals surface area contributed by atoms with Crippen LogP contribution in [0, 0.1) is 5.92 Å². The molecule has 1 aliphatic carbocycles. The number of rotatable bonds is 3. The maximum Gasteiger partial charge on any atom is 0.407 e. The predicted molar refractivity (Wildman–Crippen MR) is 87.7 cm³/mol. The van der Waals surface area contributed by atoms with Gasteiger partial charge in [-0.2, -0.15) is 0 Å². The molecular formula is C17H22ClNO4. The molecule has 1 aliphatic rings. The van der Waals surface area contributed by atoms with Crippen molar-refractivity contribution in [1.29, 1.82) is 0 Å². The Morgan fingerprint density at radius 3 is 2.57 bits per heavy atom. The van der Waals surface area contributed by atoms with E-state index in [1.807, 2.05) is 12.1 Å². The van der Waals surface area contributed by atoms with Crippen molar-refractivity contribution in [3.05, 3.63) is 34.9 Å². The second-order valence-corrected chi connectivity index (χ2v) is 7.36. The highest BCUT2D eigenvalue weighted by atomic mass is 35.5. The van der Waals surface area contributed by atoms with Gasteiger partial charge in [-0.1, -0.05) is 23.7 Å². The van der Waals surface area contributed by atoms with E-state index >= 15 is 0 Å². The Bertz CT molecular complexity index is 597. The van der Waals surface area contributed by atoms with E-state index in [1.165, 1.54) is 0 Å². The average molecular weight is 340 g/mol. The number of carbonyl (C=O) groups is 2. The summed E-state index contributed by atoms with van der Waals surface area (Å²) < 4.78 is 5.24. The van der Waals surface area contributed by atoms with E-state index in [1.54, 1.807) is 32.9 Å². The molecule has 0 aliphatic heterocycles. The van der Waals surface area contributed by atoms with Crippen molar-refractivity contribution in [2.45, 2.75) is 51.2 Å². The summed E-state index contributed by atoms with van der Waals surface area (Å²) in [5, 5.41) is 12.8. The van der Waals surface area contributed by atoms with Crippen LogP contribution in [0.1, 0.15) is 45.1 Å². The van der Waals surface area contributed by atoms with E-state index in [4.69, 9.17) is 16.3 Å². The third kappa shape index (κ3) is 4.86. The van der Waals surface area contributed by atoms with Crippen LogP contribution in [0.3, 0.4) is 0 Å². The van der Waals surface area contributed by atoms with Gasteiger partial charge in [0.15, 0.2) is 0 Å². The van der Waals surface area contributed by atoms with Crippen LogP contribution in [-0.4, -0.2) is 28.8 Å². The molecule has 1 aromatic carbocycles. The van der Waals surface area contributed by atoms with Gasteiger partial charge in [0.05, 0.1) is 5.92 Å². The molecule has 1 saturated carbocycles. The Labute approximate surface area is 141 Å². The molecule has 1 amide bonds. The lowest BCUT2D eigenvalue weighted by atomic mass is 9.89. The SMILES string of the molecule is CC(C)(C)OC(=O)N[C@H]1C[C@@H](C(=O)O)[C@H](c2cccc(Cl)c2)C1. The van der Waals surface area contributed by atoms with Crippen molar-refractivity contribution < 1.29 is 19.4 Å². The lowest BCUT2D eigenvalue weighted by Crippen LogP contribution is -2.38. The van der Waals surface area contributed by atoms with Gasteiger partial charge in [-0.05, 0) is 57.2 Å². The van der Waals surface area contributed by atoms with Gasteiger partial charge < -0.3 is 15.2 Å². The Hall–Kier alpha value is -1.75. The summed E-state index contributed by atoms with van der Waals surface area (Å²) in [6.45, 7) is 5.36. The van der Waals surface area contributed by atoms with Crippen molar-refractivity contribution >= 4 is 23.7 Å². The van der Waals surface area contributed by atoms with Gasteiger partial charge in [0.1, 0.15) is 5.60 Å². The number of aliphatic carboxylic acids is 1. The summed E-state index contributed by atoms with van der Waals surface area (Å²) in [7, 11) is 0. The van der Waals surface area contributed by atoms with E-state index in [-0.39, 0.29) is 12.0 Å². The van der Waals surface area contributed by atoms with Crippen LogP contribution >= 0.6 is 11.6 Å². The number of nitrogens with one attached hydrogen (secondary N) is 1. The molecule has 1 aromatic rings. The fourth-order valence-corrected chi connectivity index (χ4v) is 3.21. The topological polar surface area (TPSA) is 75.6 Å². The smallest absolute Gasteiger partial charge is 0.407 e. The van der Waals surface area contributed by atoms with Crippen molar-refractivity contribution in [3.63, 3.8) is 0 Å². The first-order valence-electron chi connectivity index (χ1n) is 7.63. The summed E-state index contributed by atoms with van der Waals surface area (Å²) in [5.74, 6) is -1.58. The Morgan fingerprint density at radius 1 is 1.30 bits per heavy atom. The second kappa shape index (κ2) is 6.79. The summed E-state index contributed by atoms with van der Waals surface area (Å²) in [6, 6.07) is 7.01. The lowest BCUT2D eigenvalue weighted by molar-refractivity contribution is -0.142. The van der Waals surface area contributed by atoms with Gasteiger partial charge in [0.2, 0.25) is 0 Å². The molecule has 0 spiro atoms. The molecule has 0 unspecified atom stereocenters. The molecule has 0 radical (unpaired) electrons. The highest BCUT2D eigenvalue weighted by Gasteiger charge is 2.40. The summed E-state index contributed by atoms with van der Waals surface area (Å²) in [5.41, 5.74) is 0.305. The number of amides is 1. The fourth-order valence-electron chi connectivity index (χ4n) is 3.01. The number of carbonyl (C=O) groups excluding carboxylic acids is 1. The minimum atomic E-state index is -0.858. The van der Waals surface area contributed by atoms with Crippen LogP contribution in [0.25, 0.3) is 0 Å². The number of carboxylic acids is 1. The fraction of sp³-hybridized carbons (Fsp3) is 0.529. The van der Waals surface area contributed by atoms with Crippen LogP contribution in [0.4, 0.5) is 4.79 Å². The summed E-state index contributed by atoms with van der Waals surface area (Å²) in [4.78, 5) is 23.4. The molecule has 5 nitrogen and oxygen atoms in total. The standard InChI is InChI=1S/C17H22ClNO4/c1-17(2,3)23-16(22)19-12-8-13(14(9-12)15(20)21)10-5-4-6-11(18)7-10/h4-7,12-14H,8-9H2,1-3H3,(H,19,22)(H,20,21)/t12-,13+,14-/m1/s1. The van der Waals surface area contributed by atoms with E-state index in [0.717, 1.165) is 5.56 Å². The largest absolute Gasteiger partial charge is 0.481 e. The molecule has 0 saturated heterocycles. The molecule has 1 fully saturated rings. The maximum absolute atomic E-state index is 11.9. The second-order valence-electron chi connectivity index (χ2n) is 6.92. The van der Waals surface area contributed by atoms with Crippen LogP contribution in [0.5, 0.6) is 0 Å². The first-order chi connectivity index (χ1) is 10.7. The molecule has 0 heterocycles. The quantitative estimate of drug-likeness (QED) is 0.878. The molecular weight excluding hydrogens is 318 g/mol.